The van der Waals surface area contributed by atoms with Crippen molar-refractivity contribution in [2.45, 2.75) is 32.1 Å². The van der Waals surface area contributed by atoms with Gasteiger partial charge in [-0.3, -0.25) is 9.69 Å². The van der Waals surface area contributed by atoms with Crippen LogP contribution in [0.2, 0.25) is 0 Å². The lowest BCUT2D eigenvalue weighted by molar-refractivity contribution is -0.124. The monoisotopic (exact) mass is 499 g/mol. The Balaban J connectivity index is 1.33. The first-order valence-electron chi connectivity index (χ1n) is 12.7. The number of hydrogen-bond donors (Lipinski definition) is 0. The second-order valence-corrected chi connectivity index (χ2v) is 10.6. The van der Waals surface area contributed by atoms with E-state index in [0.717, 1.165) is 41.6 Å². The molecule has 8 heteroatoms. The number of aliphatic imine (C=N–C) groups is 1. The Hall–Kier alpha value is -3.94. The lowest BCUT2D eigenvalue weighted by Crippen LogP contribution is -2.60. The highest BCUT2D eigenvalue weighted by atomic mass is 19.1. The Labute approximate surface area is 215 Å². The van der Waals surface area contributed by atoms with Gasteiger partial charge in [-0.25, -0.2) is 14.4 Å². The molecule has 1 unspecified atom stereocenters. The Morgan fingerprint density at radius 2 is 1.95 bits per heavy atom. The normalized spacial score (nSPS) is 22.4. The first-order chi connectivity index (χ1) is 17.8. The van der Waals surface area contributed by atoms with Crippen LogP contribution in [0.15, 0.2) is 65.7 Å². The Bertz CT molecular complexity index is 1420. The number of aromatic nitrogens is 2. The molecule has 3 heterocycles. The molecule has 2 aromatic carbocycles. The second kappa shape index (κ2) is 8.87. The number of fused-ring (bicyclic) bond motifs is 1. The molecule has 0 N–H and O–H groups in total. The smallest absolute Gasteiger partial charge is 0.279 e. The number of guanidine groups is 1. The Kier molecular flexibility index (Phi) is 5.62. The zero-order valence-electron chi connectivity index (χ0n) is 21.3. The fraction of sp³-hybridized carbons (Fsp3) is 0.345. The van der Waals surface area contributed by atoms with Crippen molar-refractivity contribution in [3.8, 4) is 11.4 Å². The fourth-order valence-corrected chi connectivity index (χ4v) is 5.32. The van der Waals surface area contributed by atoms with Gasteiger partial charge < -0.3 is 14.2 Å². The van der Waals surface area contributed by atoms with Crippen LogP contribution in [0.5, 0.6) is 5.75 Å². The number of carbonyl (C=O) groups excluding carboxylic acids is 1. The van der Waals surface area contributed by atoms with E-state index in [4.69, 9.17) is 9.73 Å². The maximum atomic E-state index is 13.6. The number of rotatable bonds is 6. The molecule has 2 fully saturated rings. The molecular formula is C29H30FN5O2. The number of nitrogens with zero attached hydrogens (tertiary/aromatic N) is 5. The number of aryl methyl sites for hydroxylation is 1. The zero-order valence-corrected chi connectivity index (χ0v) is 21.3. The SMILES string of the molecule is COc1cc(/C=C2\N=C3N(CC4CC4)CC(C)(c4ccc(F)cc4)CN3C2=O)ccc1-n1cnc(C)c1. The molecule has 190 valence electrons. The summed E-state index contributed by atoms with van der Waals surface area (Å²) < 4.78 is 21.2. The number of halogens is 1. The molecule has 0 bridgehead atoms. The van der Waals surface area contributed by atoms with Crippen LogP contribution in [0.1, 0.15) is 36.6 Å². The molecule has 7 nitrogen and oxygen atoms in total. The first-order valence-corrected chi connectivity index (χ1v) is 12.7. The number of carbonyl (C=O) groups is 1. The molecule has 6 rings (SSSR count). The number of ether oxygens (including phenoxy) is 1. The molecule has 1 atom stereocenters. The van der Waals surface area contributed by atoms with E-state index in [1.807, 2.05) is 54.1 Å². The number of benzene rings is 2. The summed E-state index contributed by atoms with van der Waals surface area (Å²) in [6, 6.07) is 12.5. The van der Waals surface area contributed by atoms with Crippen LogP contribution in [-0.2, 0) is 10.2 Å². The maximum Gasteiger partial charge on any atom is 0.279 e. The van der Waals surface area contributed by atoms with Crippen LogP contribution in [0.4, 0.5) is 4.39 Å². The van der Waals surface area contributed by atoms with Gasteiger partial charge in [0, 0.05) is 31.2 Å². The molecule has 1 aliphatic carbocycles. The predicted molar refractivity (Wildman–Crippen MR) is 140 cm³/mol. The van der Waals surface area contributed by atoms with Gasteiger partial charge in [0.15, 0.2) is 0 Å². The minimum absolute atomic E-state index is 0.114. The Morgan fingerprint density at radius 1 is 1.16 bits per heavy atom. The molecule has 1 saturated carbocycles. The molecule has 1 saturated heterocycles. The largest absolute Gasteiger partial charge is 0.495 e. The predicted octanol–water partition coefficient (Wildman–Crippen LogP) is 4.55. The van der Waals surface area contributed by atoms with Crippen molar-refractivity contribution in [2.24, 2.45) is 10.9 Å². The average Bonchev–Trinajstić information content (AvgIpc) is 3.52. The highest BCUT2D eigenvalue weighted by molar-refractivity contribution is 6.14. The summed E-state index contributed by atoms with van der Waals surface area (Å²) in [5, 5.41) is 0. The fourth-order valence-electron chi connectivity index (χ4n) is 5.32. The lowest BCUT2D eigenvalue weighted by Gasteiger charge is -2.46. The van der Waals surface area contributed by atoms with Crippen molar-refractivity contribution >= 4 is 17.9 Å². The van der Waals surface area contributed by atoms with Crippen molar-refractivity contribution in [1.82, 2.24) is 19.4 Å². The van der Waals surface area contributed by atoms with E-state index in [9.17, 15) is 9.18 Å². The van der Waals surface area contributed by atoms with Crippen molar-refractivity contribution in [2.75, 3.05) is 26.7 Å². The summed E-state index contributed by atoms with van der Waals surface area (Å²) in [5.41, 5.74) is 3.72. The highest BCUT2D eigenvalue weighted by Gasteiger charge is 2.46. The third-order valence-electron chi connectivity index (χ3n) is 7.47. The highest BCUT2D eigenvalue weighted by Crippen LogP contribution is 2.38. The third kappa shape index (κ3) is 4.41. The quantitative estimate of drug-likeness (QED) is 0.467. The molecule has 1 aromatic heterocycles. The van der Waals surface area contributed by atoms with E-state index < -0.39 is 0 Å². The molecular weight excluding hydrogens is 469 g/mol. The van der Waals surface area contributed by atoms with Gasteiger partial charge in [0.2, 0.25) is 5.96 Å². The number of imidazole rings is 1. The summed E-state index contributed by atoms with van der Waals surface area (Å²) in [7, 11) is 1.63. The van der Waals surface area contributed by atoms with E-state index >= 15 is 0 Å². The molecule has 37 heavy (non-hydrogen) atoms. The van der Waals surface area contributed by atoms with Gasteiger partial charge in [0.1, 0.15) is 17.3 Å². The van der Waals surface area contributed by atoms with Crippen LogP contribution in [0.25, 0.3) is 11.8 Å². The number of methoxy groups -OCH3 is 1. The van der Waals surface area contributed by atoms with E-state index in [-0.39, 0.29) is 17.1 Å². The van der Waals surface area contributed by atoms with Crippen LogP contribution in [0, 0.1) is 18.7 Å². The Morgan fingerprint density at radius 3 is 2.62 bits per heavy atom. The number of amides is 1. The van der Waals surface area contributed by atoms with Gasteiger partial charge in [0.05, 0.1) is 24.8 Å². The molecule has 0 spiro atoms. The lowest BCUT2D eigenvalue weighted by atomic mass is 9.80. The van der Waals surface area contributed by atoms with Crippen LogP contribution < -0.4 is 4.74 Å². The van der Waals surface area contributed by atoms with Crippen LogP contribution in [0.3, 0.4) is 0 Å². The van der Waals surface area contributed by atoms with Crippen molar-refractivity contribution in [3.63, 3.8) is 0 Å². The number of hydrogen-bond acceptors (Lipinski definition) is 5. The molecule has 3 aromatic rings. The third-order valence-corrected chi connectivity index (χ3v) is 7.47. The van der Waals surface area contributed by atoms with Crippen molar-refractivity contribution in [1.29, 1.82) is 0 Å². The van der Waals surface area contributed by atoms with Crippen LogP contribution >= 0.6 is 0 Å². The molecule has 1 amide bonds. The summed E-state index contributed by atoms with van der Waals surface area (Å²) in [6.07, 6.45) is 7.92. The van der Waals surface area contributed by atoms with Gasteiger partial charge in [-0.05, 0) is 67.2 Å². The minimum atomic E-state index is -0.333. The van der Waals surface area contributed by atoms with Gasteiger partial charge in [-0.1, -0.05) is 25.1 Å². The molecule has 2 aliphatic heterocycles. The van der Waals surface area contributed by atoms with Crippen LogP contribution in [-0.4, -0.2) is 58.0 Å². The maximum absolute atomic E-state index is 13.6. The second-order valence-electron chi connectivity index (χ2n) is 10.6. The molecule has 3 aliphatic rings. The summed E-state index contributed by atoms with van der Waals surface area (Å²) in [5.74, 6) is 1.67. The average molecular weight is 500 g/mol. The zero-order chi connectivity index (χ0) is 25.7. The standard InChI is InChI=1S/C29H30FN5O2/c1-19-14-34(18-31-19)25-11-6-21(13-26(25)37-3)12-24-27(36)35-17-29(2,22-7-9-23(30)10-8-22)16-33(28(35)32-24)15-20-4-5-20/h6-14,18,20H,4-5,15-17H2,1-3H3/b24-12-. The molecule has 0 radical (unpaired) electrons. The summed E-state index contributed by atoms with van der Waals surface area (Å²) in [6.45, 7) is 6.19. The van der Waals surface area contributed by atoms with Crippen molar-refractivity contribution in [3.05, 3.63) is 83.3 Å². The van der Waals surface area contributed by atoms with E-state index in [1.165, 1.54) is 25.0 Å². The van der Waals surface area contributed by atoms with Gasteiger partial charge in [-0.2, -0.15) is 0 Å². The van der Waals surface area contributed by atoms with Gasteiger partial charge >= 0.3 is 0 Å². The summed E-state index contributed by atoms with van der Waals surface area (Å²) in [4.78, 5) is 26.8. The van der Waals surface area contributed by atoms with Crippen molar-refractivity contribution < 1.29 is 13.9 Å². The van der Waals surface area contributed by atoms with E-state index in [1.54, 1.807) is 18.3 Å². The van der Waals surface area contributed by atoms with Gasteiger partial charge in [0.25, 0.3) is 5.91 Å². The van der Waals surface area contributed by atoms with E-state index in [0.29, 0.717) is 23.9 Å². The topological polar surface area (TPSA) is 63.0 Å². The van der Waals surface area contributed by atoms with Gasteiger partial charge in [-0.15, -0.1) is 0 Å². The first kappa shape index (κ1) is 23.5. The summed E-state index contributed by atoms with van der Waals surface area (Å²) >= 11 is 0. The minimum Gasteiger partial charge on any atom is -0.495 e. The van der Waals surface area contributed by atoms with E-state index in [2.05, 4.69) is 16.8 Å².